The van der Waals surface area contributed by atoms with Gasteiger partial charge in [0.05, 0.1) is 17.4 Å². The fraction of sp³-hybridized carbons (Fsp3) is 0.344. The number of nitrogens with zero attached hydrogens (tertiary/aromatic N) is 6. The van der Waals surface area contributed by atoms with Crippen LogP contribution in [0, 0.1) is 38.5 Å². The van der Waals surface area contributed by atoms with Crippen molar-refractivity contribution in [3.8, 4) is 24.7 Å². The Hall–Kier alpha value is -4.33. The summed E-state index contributed by atoms with van der Waals surface area (Å²) in [5.41, 5.74) is 7.03. The Bertz CT molecular complexity index is 1440. The van der Waals surface area contributed by atoms with Gasteiger partial charge in [0.2, 0.25) is 0 Å². The number of terminal acetylenes is 2. The molecule has 5 rings (SSSR count). The van der Waals surface area contributed by atoms with Gasteiger partial charge in [-0.3, -0.25) is 9.69 Å². The lowest BCUT2D eigenvalue weighted by Crippen LogP contribution is -2.49. The number of hydrogen-bond donors (Lipinski definition) is 0. The molecule has 0 N–H and O–H groups in total. The maximum absolute atomic E-state index is 13.6. The van der Waals surface area contributed by atoms with Gasteiger partial charge in [0.1, 0.15) is 0 Å². The summed E-state index contributed by atoms with van der Waals surface area (Å²) in [6, 6.07) is 14.2. The summed E-state index contributed by atoms with van der Waals surface area (Å²) in [7, 11) is 0. The van der Waals surface area contributed by atoms with E-state index in [1.807, 2.05) is 30.0 Å². The van der Waals surface area contributed by atoms with Crippen LogP contribution < -0.4 is 9.80 Å². The molecular weight excluding hydrogens is 484 g/mol. The molecule has 0 saturated carbocycles. The predicted molar refractivity (Wildman–Crippen MR) is 156 cm³/mol. The van der Waals surface area contributed by atoms with Gasteiger partial charge >= 0.3 is 0 Å². The van der Waals surface area contributed by atoms with Crippen molar-refractivity contribution in [1.29, 1.82) is 0 Å². The highest BCUT2D eigenvalue weighted by molar-refractivity contribution is 5.96. The summed E-state index contributed by atoms with van der Waals surface area (Å²) in [6.45, 7) is 11.3. The van der Waals surface area contributed by atoms with Crippen molar-refractivity contribution in [3.05, 3.63) is 82.0 Å². The van der Waals surface area contributed by atoms with Crippen molar-refractivity contribution in [2.75, 3.05) is 62.2 Å². The smallest absolute Gasteiger partial charge is 0.254 e. The fourth-order valence-electron chi connectivity index (χ4n) is 5.52. The first-order valence-corrected chi connectivity index (χ1v) is 13.4. The third-order valence-corrected chi connectivity index (χ3v) is 7.80. The van der Waals surface area contributed by atoms with Crippen LogP contribution in [0.3, 0.4) is 0 Å². The van der Waals surface area contributed by atoms with Gasteiger partial charge < -0.3 is 14.7 Å². The van der Waals surface area contributed by atoms with E-state index in [4.69, 9.17) is 12.8 Å². The Morgan fingerprint density at radius 3 is 2.26 bits per heavy atom. The SMILES string of the molecule is C#Cc1ccccc1N1CCN(Cc2cc(C(=O)N3CCN(c4nnccc4C#C)CC3)c(C)cc2C)CC1. The van der Waals surface area contributed by atoms with Gasteiger partial charge in [0.15, 0.2) is 5.82 Å². The molecule has 198 valence electrons. The first kappa shape index (κ1) is 26.3. The van der Waals surface area contributed by atoms with E-state index in [0.29, 0.717) is 32.0 Å². The van der Waals surface area contributed by atoms with Crippen molar-refractivity contribution < 1.29 is 4.79 Å². The fourth-order valence-corrected chi connectivity index (χ4v) is 5.52. The number of carbonyl (C=O) groups is 1. The second-order valence-electron chi connectivity index (χ2n) is 10.2. The van der Waals surface area contributed by atoms with Crippen LogP contribution >= 0.6 is 0 Å². The van der Waals surface area contributed by atoms with E-state index < -0.39 is 0 Å². The molecule has 0 radical (unpaired) electrons. The molecule has 1 aromatic heterocycles. The molecule has 3 heterocycles. The Balaban J connectivity index is 1.23. The second-order valence-corrected chi connectivity index (χ2v) is 10.2. The van der Waals surface area contributed by atoms with Crippen molar-refractivity contribution in [2.24, 2.45) is 0 Å². The third kappa shape index (κ3) is 5.60. The Morgan fingerprint density at radius 1 is 0.846 bits per heavy atom. The molecule has 0 aliphatic carbocycles. The Kier molecular flexibility index (Phi) is 7.81. The van der Waals surface area contributed by atoms with Gasteiger partial charge in [-0.05, 0) is 54.8 Å². The van der Waals surface area contributed by atoms with Crippen molar-refractivity contribution in [3.63, 3.8) is 0 Å². The van der Waals surface area contributed by atoms with E-state index in [2.05, 4.69) is 61.9 Å². The van der Waals surface area contributed by atoms with Crippen LogP contribution in [0.15, 0.2) is 48.7 Å². The maximum Gasteiger partial charge on any atom is 0.254 e. The monoisotopic (exact) mass is 518 g/mol. The largest absolute Gasteiger partial charge is 0.368 e. The van der Waals surface area contributed by atoms with E-state index in [-0.39, 0.29) is 5.91 Å². The molecule has 1 amide bonds. The quantitative estimate of drug-likeness (QED) is 0.483. The summed E-state index contributed by atoms with van der Waals surface area (Å²) >= 11 is 0. The lowest BCUT2D eigenvalue weighted by molar-refractivity contribution is 0.0745. The zero-order valence-electron chi connectivity index (χ0n) is 22.7. The lowest BCUT2D eigenvalue weighted by atomic mass is 9.98. The number of para-hydroxylation sites is 1. The van der Waals surface area contributed by atoms with E-state index in [0.717, 1.165) is 60.7 Å². The summed E-state index contributed by atoms with van der Waals surface area (Å²) in [5, 5.41) is 8.23. The normalized spacial score (nSPS) is 16.1. The predicted octanol–water partition coefficient (Wildman–Crippen LogP) is 3.34. The van der Waals surface area contributed by atoms with Gasteiger partial charge in [-0.15, -0.1) is 17.9 Å². The molecule has 0 unspecified atom stereocenters. The van der Waals surface area contributed by atoms with E-state index >= 15 is 0 Å². The van der Waals surface area contributed by atoms with Crippen LogP contribution in [0.2, 0.25) is 0 Å². The number of aryl methyl sites for hydroxylation is 2. The van der Waals surface area contributed by atoms with Crippen molar-refractivity contribution in [2.45, 2.75) is 20.4 Å². The number of carbonyl (C=O) groups excluding carboxylic acids is 1. The molecule has 3 aromatic rings. The summed E-state index contributed by atoms with van der Waals surface area (Å²) in [4.78, 5) is 22.5. The van der Waals surface area contributed by atoms with Gasteiger partial charge in [-0.2, -0.15) is 5.10 Å². The second kappa shape index (κ2) is 11.6. The minimum Gasteiger partial charge on any atom is -0.368 e. The summed E-state index contributed by atoms with van der Waals surface area (Å²) in [5.74, 6) is 6.29. The Labute approximate surface area is 231 Å². The Morgan fingerprint density at radius 2 is 1.54 bits per heavy atom. The molecule has 7 nitrogen and oxygen atoms in total. The number of amides is 1. The lowest BCUT2D eigenvalue weighted by Gasteiger charge is -2.37. The van der Waals surface area contributed by atoms with Gasteiger partial charge in [-0.25, -0.2) is 0 Å². The molecule has 2 aromatic carbocycles. The molecule has 0 bridgehead atoms. The van der Waals surface area contributed by atoms with Crippen LogP contribution in [0.4, 0.5) is 11.5 Å². The molecule has 7 heteroatoms. The number of rotatable bonds is 5. The van der Waals surface area contributed by atoms with E-state index in [9.17, 15) is 4.79 Å². The van der Waals surface area contributed by atoms with Crippen LogP contribution in [0.5, 0.6) is 0 Å². The summed E-state index contributed by atoms with van der Waals surface area (Å²) in [6.07, 6.45) is 13.0. The minimum atomic E-state index is 0.0837. The number of anilines is 2. The van der Waals surface area contributed by atoms with Crippen molar-refractivity contribution in [1.82, 2.24) is 20.0 Å². The molecule has 0 spiro atoms. The zero-order chi connectivity index (χ0) is 27.4. The third-order valence-electron chi connectivity index (χ3n) is 7.80. The average molecular weight is 519 g/mol. The number of piperazine rings is 2. The summed E-state index contributed by atoms with van der Waals surface area (Å²) < 4.78 is 0. The van der Waals surface area contributed by atoms with Crippen molar-refractivity contribution >= 4 is 17.4 Å². The molecular formula is C32H34N6O. The van der Waals surface area contributed by atoms with E-state index in [1.54, 1.807) is 12.3 Å². The highest BCUT2D eigenvalue weighted by Gasteiger charge is 2.26. The molecule has 2 aliphatic heterocycles. The molecule has 0 atom stereocenters. The van der Waals surface area contributed by atoms with Gasteiger partial charge in [-0.1, -0.05) is 30.0 Å². The average Bonchev–Trinajstić information content (AvgIpc) is 2.98. The zero-order valence-corrected chi connectivity index (χ0v) is 22.7. The maximum atomic E-state index is 13.6. The first-order chi connectivity index (χ1) is 19.0. The van der Waals surface area contributed by atoms with E-state index in [1.165, 1.54) is 11.1 Å². The molecule has 39 heavy (non-hydrogen) atoms. The highest BCUT2D eigenvalue weighted by Crippen LogP contribution is 2.24. The molecule has 2 saturated heterocycles. The molecule has 2 fully saturated rings. The van der Waals surface area contributed by atoms with Crippen LogP contribution in [0.1, 0.15) is 38.2 Å². The highest BCUT2D eigenvalue weighted by atomic mass is 16.2. The van der Waals surface area contributed by atoms with Crippen LogP contribution in [-0.2, 0) is 6.54 Å². The number of benzene rings is 2. The number of aromatic nitrogens is 2. The molecule has 2 aliphatic rings. The standard InChI is InChI=1S/C32H34N6O/c1-5-26-9-7-8-10-30(26)36-15-13-35(14-16-36)23-28-22-29(25(4)21-24(28)3)32(39)38-19-17-37(18-20-38)31-27(6-2)11-12-33-34-31/h1-2,7-12,21-22H,13-20,23H2,3-4H3. The topological polar surface area (TPSA) is 55.8 Å². The minimum absolute atomic E-state index is 0.0837. The van der Waals surface area contributed by atoms with Gasteiger partial charge in [0.25, 0.3) is 5.91 Å². The van der Waals surface area contributed by atoms with Crippen LogP contribution in [-0.4, -0.2) is 78.3 Å². The van der Waals surface area contributed by atoms with Crippen LogP contribution in [0.25, 0.3) is 0 Å². The number of hydrogen-bond acceptors (Lipinski definition) is 6. The first-order valence-electron chi connectivity index (χ1n) is 13.4. The van der Waals surface area contributed by atoms with Gasteiger partial charge in [0, 0.05) is 70.0 Å².